The summed E-state index contributed by atoms with van der Waals surface area (Å²) in [6.07, 6.45) is 5.82. The van der Waals surface area contributed by atoms with Gasteiger partial charge in [-0.05, 0) is 43.5 Å². The quantitative estimate of drug-likeness (QED) is 0.912. The van der Waals surface area contributed by atoms with Crippen LogP contribution in [0, 0.1) is 12.3 Å². The van der Waals surface area contributed by atoms with Gasteiger partial charge in [-0.1, -0.05) is 0 Å². The lowest BCUT2D eigenvalue weighted by Gasteiger charge is -2.38. The van der Waals surface area contributed by atoms with E-state index < -0.39 is 0 Å². The Kier molecular flexibility index (Phi) is 4.22. The van der Waals surface area contributed by atoms with E-state index in [4.69, 9.17) is 0 Å². The Labute approximate surface area is 152 Å². The summed E-state index contributed by atoms with van der Waals surface area (Å²) >= 11 is 0. The summed E-state index contributed by atoms with van der Waals surface area (Å²) in [6.45, 7) is 4.66. The number of piperidine rings is 1. The largest absolute Gasteiger partial charge is 0.338 e. The molecule has 26 heavy (non-hydrogen) atoms. The molecular formula is C19H23N5O2. The molecule has 0 atom stereocenters. The van der Waals surface area contributed by atoms with Crippen LogP contribution in [0.1, 0.15) is 41.0 Å². The van der Waals surface area contributed by atoms with Crippen molar-refractivity contribution in [2.45, 2.75) is 32.7 Å². The van der Waals surface area contributed by atoms with Gasteiger partial charge in [0.15, 0.2) is 0 Å². The number of aromatic nitrogens is 3. The van der Waals surface area contributed by atoms with Gasteiger partial charge in [-0.3, -0.25) is 19.7 Å². The fourth-order valence-electron chi connectivity index (χ4n) is 4.04. The van der Waals surface area contributed by atoms with Crippen LogP contribution in [0.5, 0.6) is 0 Å². The van der Waals surface area contributed by atoms with Crippen molar-refractivity contribution in [1.82, 2.24) is 25.0 Å². The van der Waals surface area contributed by atoms with Crippen molar-refractivity contribution in [1.29, 1.82) is 0 Å². The first-order valence-electron chi connectivity index (χ1n) is 9.03. The van der Waals surface area contributed by atoms with Crippen molar-refractivity contribution in [3.63, 3.8) is 0 Å². The zero-order chi connectivity index (χ0) is 18.1. The molecule has 136 valence electrons. The first kappa shape index (κ1) is 16.8. The molecule has 0 aliphatic carbocycles. The van der Waals surface area contributed by atoms with E-state index in [1.807, 2.05) is 28.9 Å². The Hall–Kier alpha value is -2.70. The maximum atomic E-state index is 12.5. The van der Waals surface area contributed by atoms with Crippen LogP contribution < -0.4 is 0 Å². The van der Waals surface area contributed by atoms with Gasteiger partial charge in [0.2, 0.25) is 5.91 Å². The lowest BCUT2D eigenvalue weighted by molar-refractivity contribution is -0.128. The van der Waals surface area contributed by atoms with Crippen LogP contribution in [-0.4, -0.2) is 56.4 Å². The third-order valence-corrected chi connectivity index (χ3v) is 5.56. The second kappa shape index (κ2) is 6.55. The van der Waals surface area contributed by atoms with Crippen molar-refractivity contribution in [2.75, 3.05) is 19.6 Å². The fraction of sp³-hybridized carbons (Fsp3) is 0.474. The minimum atomic E-state index is -0.0258. The van der Waals surface area contributed by atoms with Gasteiger partial charge < -0.3 is 9.80 Å². The van der Waals surface area contributed by atoms with Crippen LogP contribution in [0.25, 0.3) is 0 Å². The van der Waals surface area contributed by atoms with Crippen molar-refractivity contribution >= 4 is 11.8 Å². The topological polar surface area (TPSA) is 82.2 Å². The highest BCUT2D eigenvalue weighted by molar-refractivity contribution is 5.92. The molecular weight excluding hydrogens is 330 g/mol. The summed E-state index contributed by atoms with van der Waals surface area (Å²) in [5.74, 6) is 0.187. The highest BCUT2D eigenvalue weighted by Crippen LogP contribution is 2.41. The standard InChI is InChI=1S/C19H23N5O2/c1-14-10-16(22-21-14)18(26)23-8-4-19(5-9-23)11-17(25)24(13-19)12-15-2-6-20-7-3-15/h2-3,6-7,10H,4-5,8-9,11-13H2,1H3,(H,21,22). The third kappa shape index (κ3) is 3.21. The molecule has 1 spiro atoms. The molecule has 0 radical (unpaired) electrons. The van der Waals surface area contributed by atoms with Gasteiger partial charge in [0.05, 0.1) is 0 Å². The Morgan fingerprint density at radius 3 is 2.65 bits per heavy atom. The van der Waals surface area contributed by atoms with Gasteiger partial charge in [-0.15, -0.1) is 0 Å². The number of carbonyl (C=O) groups is 2. The number of amides is 2. The molecule has 4 heterocycles. The smallest absolute Gasteiger partial charge is 0.274 e. The molecule has 0 aromatic carbocycles. The Balaban J connectivity index is 1.38. The van der Waals surface area contributed by atoms with Crippen LogP contribution in [0.3, 0.4) is 0 Å². The molecule has 2 fully saturated rings. The monoisotopic (exact) mass is 353 g/mol. The van der Waals surface area contributed by atoms with Gasteiger partial charge in [-0.25, -0.2) is 0 Å². The van der Waals surface area contributed by atoms with E-state index in [-0.39, 0.29) is 17.2 Å². The summed E-state index contributed by atoms with van der Waals surface area (Å²) in [5.41, 5.74) is 2.46. The maximum Gasteiger partial charge on any atom is 0.274 e. The molecule has 2 aromatic rings. The number of rotatable bonds is 3. The highest BCUT2D eigenvalue weighted by Gasteiger charge is 2.45. The van der Waals surface area contributed by atoms with Gasteiger partial charge in [0.1, 0.15) is 5.69 Å². The number of hydrogen-bond donors (Lipinski definition) is 1. The summed E-state index contributed by atoms with van der Waals surface area (Å²) in [7, 11) is 0. The van der Waals surface area contributed by atoms with E-state index in [0.717, 1.165) is 30.6 Å². The first-order valence-corrected chi connectivity index (χ1v) is 9.03. The number of aryl methyl sites for hydroxylation is 1. The molecule has 2 amide bonds. The molecule has 0 saturated carbocycles. The molecule has 4 rings (SSSR count). The fourth-order valence-corrected chi connectivity index (χ4v) is 4.04. The Morgan fingerprint density at radius 2 is 2.00 bits per heavy atom. The van der Waals surface area contributed by atoms with Gasteiger partial charge in [0.25, 0.3) is 5.91 Å². The van der Waals surface area contributed by atoms with Gasteiger partial charge >= 0.3 is 0 Å². The summed E-state index contributed by atoms with van der Waals surface area (Å²) in [5, 5.41) is 6.89. The van der Waals surface area contributed by atoms with E-state index in [2.05, 4.69) is 15.2 Å². The first-order chi connectivity index (χ1) is 12.5. The summed E-state index contributed by atoms with van der Waals surface area (Å²) in [6, 6.07) is 5.68. The molecule has 1 N–H and O–H groups in total. The second-order valence-corrected chi connectivity index (χ2v) is 7.51. The molecule has 2 saturated heterocycles. The number of likely N-dealkylation sites (tertiary alicyclic amines) is 2. The number of hydrogen-bond acceptors (Lipinski definition) is 4. The van der Waals surface area contributed by atoms with Crippen LogP contribution in [-0.2, 0) is 11.3 Å². The minimum Gasteiger partial charge on any atom is -0.338 e. The predicted octanol–water partition coefficient (Wildman–Crippen LogP) is 1.77. The number of aromatic amines is 1. The third-order valence-electron chi connectivity index (χ3n) is 5.56. The number of H-pyrrole nitrogens is 1. The average molecular weight is 353 g/mol. The number of nitrogens with one attached hydrogen (secondary N) is 1. The molecule has 2 aliphatic heterocycles. The van der Waals surface area contributed by atoms with Crippen molar-refractivity contribution in [3.05, 3.63) is 47.5 Å². The number of nitrogens with zero attached hydrogens (tertiary/aromatic N) is 4. The van der Waals surface area contributed by atoms with Crippen LogP contribution in [0.2, 0.25) is 0 Å². The Morgan fingerprint density at radius 1 is 1.27 bits per heavy atom. The molecule has 7 nitrogen and oxygen atoms in total. The van der Waals surface area contributed by atoms with E-state index in [9.17, 15) is 9.59 Å². The van der Waals surface area contributed by atoms with E-state index in [1.54, 1.807) is 18.5 Å². The zero-order valence-corrected chi connectivity index (χ0v) is 14.9. The van der Waals surface area contributed by atoms with E-state index in [0.29, 0.717) is 31.7 Å². The van der Waals surface area contributed by atoms with Crippen molar-refractivity contribution in [3.8, 4) is 0 Å². The SMILES string of the molecule is Cc1cc(C(=O)N2CCC3(CC2)CC(=O)N(Cc2ccncc2)C3)n[nH]1. The van der Waals surface area contributed by atoms with Gasteiger partial charge in [0, 0.05) is 56.1 Å². The van der Waals surface area contributed by atoms with Crippen LogP contribution in [0.15, 0.2) is 30.6 Å². The van der Waals surface area contributed by atoms with Gasteiger partial charge in [-0.2, -0.15) is 5.10 Å². The predicted molar refractivity (Wildman–Crippen MR) is 95.2 cm³/mol. The average Bonchev–Trinajstić information content (AvgIpc) is 3.20. The molecule has 2 aliphatic rings. The minimum absolute atomic E-state index is 0.00237. The van der Waals surface area contributed by atoms with Crippen molar-refractivity contribution in [2.24, 2.45) is 5.41 Å². The van der Waals surface area contributed by atoms with E-state index >= 15 is 0 Å². The summed E-state index contributed by atoms with van der Waals surface area (Å²) in [4.78, 5) is 32.9. The zero-order valence-electron chi connectivity index (χ0n) is 14.9. The summed E-state index contributed by atoms with van der Waals surface area (Å²) < 4.78 is 0. The second-order valence-electron chi connectivity index (χ2n) is 7.51. The number of carbonyl (C=O) groups excluding carboxylic acids is 2. The van der Waals surface area contributed by atoms with Crippen LogP contribution in [0.4, 0.5) is 0 Å². The van der Waals surface area contributed by atoms with Crippen molar-refractivity contribution < 1.29 is 9.59 Å². The molecule has 7 heteroatoms. The molecule has 0 bridgehead atoms. The highest BCUT2D eigenvalue weighted by atomic mass is 16.2. The lowest BCUT2D eigenvalue weighted by atomic mass is 9.77. The molecule has 0 unspecified atom stereocenters. The lowest BCUT2D eigenvalue weighted by Crippen LogP contribution is -2.44. The normalized spacial score (nSPS) is 19.3. The maximum absolute atomic E-state index is 12.5. The van der Waals surface area contributed by atoms with E-state index in [1.165, 1.54) is 0 Å². The Bertz CT molecular complexity index is 808. The molecule has 2 aromatic heterocycles. The number of pyridine rings is 1. The van der Waals surface area contributed by atoms with Crippen LogP contribution >= 0.6 is 0 Å².